The number of oxazole rings is 1. The lowest BCUT2D eigenvalue weighted by atomic mass is 10.1. The summed E-state index contributed by atoms with van der Waals surface area (Å²) in [5, 5.41) is 0. The second kappa shape index (κ2) is 8.06. The van der Waals surface area contributed by atoms with E-state index in [2.05, 4.69) is 4.98 Å². The lowest BCUT2D eigenvalue weighted by molar-refractivity contribution is 0.229. The first-order chi connectivity index (χ1) is 13.3. The first kappa shape index (κ1) is 19.9. The van der Waals surface area contributed by atoms with Crippen LogP contribution < -0.4 is 9.47 Å². The number of ether oxygens (including phenoxy) is 2. The summed E-state index contributed by atoms with van der Waals surface area (Å²) in [6, 6.07) is 10.3. The first-order valence-corrected chi connectivity index (χ1v) is 10.6. The van der Waals surface area contributed by atoms with Crippen LogP contribution in [0.25, 0.3) is 23.3 Å². The van der Waals surface area contributed by atoms with E-state index in [0.29, 0.717) is 28.5 Å². The van der Waals surface area contributed by atoms with Crippen LogP contribution in [0.1, 0.15) is 32.2 Å². The van der Waals surface area contributed by atoms with Gasteiger partial charge in [-0.05, 0) is 44.2 Å². The van der Waals surface area contributed by atoms with Crippen molar-refractivity contribution in [1.82, 2.24) is 4.98 Å². The normalized spacial score (nSPS) is 12.2. The molecule has 0 aliphatic rings. The van der Waals surface area contributed by atoms with Gasteiger partial charge < -0.3 is 13.9 Å². The molecule has 0 bridgehead atoms. The number of nitrogens with zero attached hydrogens (tertiary/aromatic N) is 1. The van der Waals surface area contributed by atoms with Crippen LogP contribution in [-0.2, 0) is 9.84 Å². The minimum absolute atomic E-state index is 0.00767. The highest BCUT2D eigenvalue weighted by Crippen LogP contribution is 2.33. The lowest BCUT2D eigenvalue weighted by Crippen LogP contribution is -2.07. The zero-order valence-electron chi connectivity index (χ0n) is 16.3. The Morgan fingerprint density at radius 1 is 1.18 bits per heavy atom. The SMILES string of the molecule is CCS(=O)(=O)c1ccc2oc(/C=C/c3cccc(OC)c3OC(C)C)nc2c1. The molecule has 1 heterocycles. The van der Waals surface area contributed by atoms with E-state index in [1.807, 2.05) is 38.1 Å². The van der Waals surface area contributed by atoms with Crippen molar-refractivity contribution in [1.29, 1.82) is 0 Å². The molecule has 28 heavy (non-hydrogen) atoms. The second-order valence-electron chi connectivity index (χ2n) is 6.46. The lowest BCUT2D eigenvalue weighted by Gasteiger charge is -2.15. The number of hydrogen-bond donors (Lipinski definition) is 0. The van der Waals surface area contributed by atoms with Crippen LogP contribution in [0.15, 0.2) is 45.7 Å². The maximum Gasteiger partial charge on any atom is 0.220 e. The van der Waals surface area contributed by atoms with Crippen molar-refractivity contribution in [3.05, 3.63) is 47.9 Å². The standard InChI is InChI=1S/C21H23NO5S/c1-5-28(23,24)16-10-11-18-17(13-16)22-20(27-18)12-9-15-7-6-8-19(25-4)21(15)26-14(2)3/h6-14H,5H2,1-4H3/b12-9+. The molecule has 0 amide bonds. The quantitative estimate of drug-likeness (QED) is 0.576. The number of benzene rings is 2. The predicted molar refractivity (Wildman–Crippen MR) is 109 cm³/mol. The molecule has 3 aromatic rings. The summed E-state index contributed by atoms with van der Waals surface area (Å²) < 4.78 is 41.1. The van der Waals surface area contributed by atoms with Crippen LogP contribution in [-0.4, -0.2) is 32.4 Å². The van der Waals surface area contributed by atoms with E-state index < -0.39 is 9.84 Å². The van der Waals surface area contributed by atoms with Crippen molar-refractivity contribution in [3.8, 4) is 11.5 Å². The van der Waals surface area contributed by atoms with E-state index in [9.17, 15) is 8.42 Å². The molecule has 0 N–H and O–H groups in total. The third-order valence-electron chi connectivity index (χ3n) is 4.10. The van der Waals surface area contributed by atoms with Crippen molar-refractivity contribution in [2.75, 3.05) is 12.9 Å². The Balaban J connectivity index is 1.96. The van der Waals surface area contributed by atoms with Crippen molar-refractivity contribution >= 4 is 33.1 Å². The number of rotatable bonds is 7. The summed E-state index contributed by atoms with van der Waals surface area (Å²) in [6.45, 7) is 5.51. The van der Waals surface area contributed by atoms with Crippen LogP contribution in [0.5, 0.6) is 11.5 Å². The van der Waals surface area contributed by atoms with E-state index >= 15 is 0 Å². The Labute approximate surface area is 164 Å². The number of para-hydroxylation sites is 1. The van der Waals surface area contributed by atoms with Gasteiger partial charge in [0.15, 0.2) is 26.9 Å². The van der Waals surface area contributed by atoms with Gasteiger partial charge in [-0.3, -0.25) is 0 Å². The zero-order chi connectivity index (χ0) is 20.3. The number of hydrogen-bond acceptors (Lipinski definition) is 6. The van der Waals surface area contributed by atoms with Crippen molar-refractivity contribution in [3.63, 3.8) is 0 Å². The Bertz CT molecular complexity index is 1110. The molecule has 0 fully saturated rings. The smallest absolute Gasteiger partial charge is 0.220 e. The Hall–Kier alpha value is -2.80. The largest absolute Gasteiger partial charge is 0.493 e. The van der Waals surface area contributed by atoms with E-state index in [-0.39, 0.29) is 16.8 Å². The summed E-state index contributed by atoms with van der Waals surface area (Å²) in [7, 11) is -1.69. The summed E-state index contributed by atoms with van der Waals surface area (Å²) in [6.07, 6.45) is 3.54. The number of methoxy groups -OCH3 is 1. The molecule has 0 aliphatic heterocycles. The molecule has 0 spiro atoms. The molecule has 7 heteroatoms. The number of aromatic nitrogens is 1. The monoisotopic (exact) mass is 401 g/mol. The number of sulfone groups is 1. The highest BCUT2D eigenvalue weighted by atomic mass is 32.2. The molecule has 0 unspecified atom stereocenters. The molecular formula is C21H23NO5S. The molecule has 6 nitrogen and oxygen atoms in total. The first-order valence-electron chi connectivity index (χ1n) is 8.99. The van der Waals surface area contributed by atoms with Crippen molar-refractivity contribution in [2.45, 2.75) is 31.8 Å². The molecule has 0 radical (unpaired) electrons. The molecule has 3 rings (SSSR count). The van der Waals surface area contributed by atoms with Crippen LogP contribution in [0.3, 0.4) is 0 Å². The van der Waals surface area contributed by atoms with Gasteiger partial charge in [-0.1, -0.05) is 19.1 Å². The van der Waals surface area contributed by atoms with Crippen LogP contribution in [0.4, 0.5) is 0 Å². The van der Waals surface area contributed by atoms with Crippen LogP contribution >= 0.6 is 0 Å². The molecule has 148 valence electrons. The predicted octanol–water partition coefficient (Wildman–Crippen LogP) is 4.59. The van der Waals surface area contributed by atoms with Gasteiger partial charge in [0.2, 0.25) is 5.89 Å². The fourth-order valence-electron chi connectivity index (χ4n) is 2.70. The average molecular weight is 401 g/mol. The third kappa shape index (κ3) is 4.20. The van der Waals surface area contributed by atoms with E-state index in [1.54, 1.807) is 26.2 Å². The van der Waals surface area contributed by atoms with E-state index in [0.717, 1.165) is 5.56 Å². The highest BCUT2D eigenvalue weighted by molar-refractivity contribution is 7.91. The number of fused-ring (bicyclic) bond motifs is 1. The summed E-state index contributed by atoms with van der Waals surface area (Å²) in [5.41, 5.74) is 1.85. The van der Waals surface area contributed by atoms with Gasteiger partial charge in [-0.15, -0.1) is 0 Å². The van der Waals surface area contributed by atoms with Gasteiger partial charge in [0, 0.05) is 11.6 Å². The molecule has 0 aliphatic carbocycles. The van der Waals surface area contributed by atoms with E-state index in [4.69, 9.17) is 13.9 Å². The maximum absolute atomic E-state index is 12.0. The minimum Gasteiger partial charge on any atom is -0.493 e. The summed E-state index contributed by atoms with van der Waals surface area (Å²) in [5.74, 6) is 1.70. The van der Waals surface area contributed by atoms with Gasteiger partial charge in [0.05, 0.1) is 23.9 Å². The van der Waals surface area contributed by atoms with Gasteiger partial charge in [0.1, 0.15) is 5.52 Å². The molecule has 0 atom stereocenters. The maximum atomic E-state index is 12.0. The van der Waals surface area contributed by atoms with Gasteiger partial charge >= 0.3 is 0 Å². The molecule has 0 saturated carbocycles. The van der Waals surface area contributed by atoms with Gasteiger partial charge in [-0.2, -0.15) is 0 Å². The molecular weight excluding hydrogens is 378 g/mol. The molecule has 2 aromatic carbocycles. The third-order valence-corrected chi connectivity index (χ3v) is 5.84. The zero-order valence-corrected chi connectivity index (χ0v) is 17.1. The average Bonchev–Trinajstić information content (AvgIpc) is 3.08. The second-order valence-corrected chi connectivity index (χ2v) is 8.74. The van der Waals surface area contributed by atoms with Crippen molar-refractivity contribution < 1.29 is 22.3 Å². The molecule has 1 aromatic heterocycles. The Morgan fingerprint density at radius 2 is 1.96 bits per heavy atom. The summed E-state index contributed by atoms with van der Waals surface area (Å²) >= 11 is 0. The van der Waals surface area contributed by atoms with Gasteiger partial charge in [0.25, 0.3) is 0 Å². The minimum atomic E-state index is -3.29. The highest BCUT2D eigenvalue weighted by Gasteiger charge is 2.14. The topological polar surface area (TPSA) is 78.6 Å². The Kier molecular flexibility index (Phi) is 5.74. The van der Waals surface area contributed by atoms with Crippen LogP contribution in [0, 0.1) is 0 Å². The fraction of sp³-hybridized carbons (Fsp3) is 0.286. The summed E-state index contributed by atoms with van der Waals surface area (Å²) in [4.78, 5) is 4.62. The fourth-order valence-corrected chi connectivity index (χ4v) is 3.60. The van der Waals surface area contributed by atoms with E-state index in [1.165, 1.54) is 12.1 Å². The van der Waals surface area contributed by atoms with Gasteiger partial charge in [-0.25, -0.2) is 13.4 Å². The van der Waals surface area contributed by atoms with Crippen molar-refractivity contribution in [2.24, 2.45) is 0 Å². The van der Waals surface area contributed by atoms with Crippen LogP contribution in [0.2, 0.25) is 0 Å². The Morgan fingerprint density at radius 3 is 2.64 bits per heavy atom. The molecule has 0 saturated heterocycles.